The third kappa shape index (κ3) is 5.55. The van der Waals surface area contributed by atoms with Crippen LogP contribution in [-0.4, -0.2) is 50.2 Å². The number of rotatable bonds is 10. The van der Waals surface area contributed by atoms with Crippen molar-refractivity contribution in [3.63, 3.8) is 0 Å². The number of aliphatic hydroxyl groups is 1. The molecule has 3 heterocycles. The van der Waals surface area contributed by atoms with E-state index in [-0.39, 0.29) is 37.0 Å². The van der Waals surface area contributed by atoms with Gasteiger partial charge in [-0.05, 0) is 18.1 Å². The second-order valence-electron chi connectivity index (χ2n) is 9.32. The van der Waals surface area contributed by atoms with Crippen molar-refractivity contribution in [3.8, 4) is 23.0 Å². The third-order valence-corrected chi connectivity index (χ3v) is 6.26. The summed E-state index contributed by atoms with van der Waals surface area (Å²) in [6.45, 7) is 3.56. The van der Waals surface area contributed by atoms with Gasteiger partial charge in [0.05, 0.1) is 37.7 Å². The molecule has 0 radical (unpaired) electrons. The maximum Gasteiger partial charge on any atom is 0.182 e. The molecule has 5 rings (SSSR count). The fourth-order valence-electron chi connectivity index (χ4n) is 4.26. The molecule has 0 aliphatic rings. The van der Waals surface area contributed by atoms with Gasteiger partial charge in [-0.1, -0.05) is 32.0 Å². The Morgan fingerprint density at radius 3 is 2.55 bits per heavy atom. The summed E-state index contributed by atoms with van der Waals surface area (Å²) in [7, 11) is 1.56. The molecule has 206 valence electrons. The molecule has 3 aromatic heterocycles. The van der Waals surface area contributed by atoms with Gasteiger partial charge in [0.25, 0.3) is 0 Å². The summed E-state index contributed by atoms with van der Waals surface area (Å²) in [5, 5.41) is 17.7. The van der Waals surface area contributed by atoms with Gasteiger partial charge in [0, 0.05) is 41.0 Å². The first-order chi connectivity index (χ1) is 19.4. The van der Waals surface area contributed by atoms with E-state index in [2.05, 4.69) is 10.3 Å². The first kappa shape index (κ1) is 26.9. The van der Waals surface area contributed by atoms with Gasteiger partial charge in [0.2, 0.25) is 0 Å². The molecule has 2 N–H and O–H groups in total. The van der Waals surface area contributed by atoms with E-state index in [0.29, 0.717) is 34.3 Å². The smallest absolute Gasteiger partial charge is 0.182 e. The van der Waals surface area contributed by atoms with Crippen molar-refractivity contribution in [3.05, 3.63) is 83.8 Å². The Balaban J connectivity index is 1.57. The van der Waals surface area contributed by atoms with Gasteiger partial charge in [-0.3, -0.25) is 9.67 Å². The van der Waals surface area contributed by atoms with Crippen molar-refractivity contribution in [2.45, 2.75) is 26.3 Å². The van der Waals surface area contributed by atoms with E-state index in [1.807, 2.05) is 44.2 Å². The number of aromatic nitrogens is 5. The maximum atomic E-state index is 14.9. The predicted molar refractivity (Wildman–Crippen MR) is 147 cm³/mol. The summed E-state index contributed by atoms with van der Waals surface area (Å²) in [6, 6.07) is 13.2. The second kappa shape index (κ2) is 11.6. The van der Waals surface area contributed by atoms with Crippen LogP contribution < -0.4 is 14.8 Å². The lowest BCUT2D eigenvalue weighted by Crippen LogP contribution is -2.08. The molecule has 11 heteroatoms. The normalized spacial score (nSPS) is 11.3. The summed E-state index contributed by atoms with van der Waals surface area (Å²) in [4.78, 5) is 13.6. The predicted octanol–water partition coefficient (Wildman–Crippen LogP) is 5.46. The van der Waals surface area contributed by atoms with E-state index < -0.39 is 11.6 Å². The van der Waals surface area contributed by atoms with Crippen LogP contribution in [0.2, 0.25) is 0 Å². The molecule has 0 unspecified atom stereocenters. The number of benzene rings is 2. The highest BCUT2D eigenvalue weighted by molar-refractivity contribution is 5.92. The fraction of sp³-hybridized carbons (Fsp3) is 0.241. The average molecular weight is 547 g/mol. The van der Waals surface area contributed by atoms with E-state index >= 15 is 0 Å². The maximum absolute atomic E-state index is 14.9. The number of ether oxygens (including phenoxy) is 2. The van der Waals surface area contributed by atoms with Gasteiger partial charge < -0.3 is 19.9 Å². The minimum absolute atomic E-state index is 0.00331. The van der Waals surface area contributed by atoms with Crippen molar-refractivity contribution < 1.29 is 23.4 Å². The minimum atomic E-state index is -0.773. The monoisotopic (exact) mass is 546 g/mol. The van der Waals surface area contributed by atoms with E-state index in [4.69, 9.17) is 29.6 Å². The van der Waals surface area contributed by atoms with Gasteiger partial charge in [-0.2, -0.15) is 5.10 Å². The molecule has 0 fully saturated rings. The first-order valence-electron chi connectivity index (χ1n) is 12.7. The second-order valence-corrected chi connectivity index (χ2v) is 9.32. The quantitative estimate of drug-likeness (QED) is 0.238. The lowest BCUT2D eigenvalue weighted by atomic mass is 10.1. The zero-order valence-electron chi connectivity index (χ0n) is 22.2. The Morgan fingerprint density at radius 2 is 1.82 bits per heavy atom. The Hall–Kier alpha value is -4.64. The molecule has 0 aliphatic carbocycles. The zero-order chi connectivity index (χ0) is 28.2. The highest BCUT2D eigenvalue weighted by Gasteiger charge is 2.20. The van der Waals surface area contributed by atoms with Crippen LogP contribution in [0.1, 0.15) is 31.0 Å². The van der Waals surface area contributed by atoms with Crippen molar-refractivity contribution in [2.75, 3.05) is 25.6 Å². The number of para-hydroxylation sites is 1. The molecule has 9 nitrogen and oxygen atoms in total. The number of fused-ring (bicyclic) bond motifs is 1. The van der Waals surface area contributed by atoms with Crippen LogP contribution in [-0.2, 0) is 6.54 Å². The van der Waals surface area contributed by atoms with Crippen LogP contribution >= 0.6 is 0 Å². The number of halogens is 2. The van der Waals surface area contributed by atoms with Crippen LogP contribution in [0.15, 0.2) is 60.9 Å². The SMILES string of the molecule is COc1cnccc1Nc1cc(C(C)C)nc(-c2nn(Cc3c(F)cc(OCCO)cc3F)c3ccccc23)n1. The topological polar surface area (TPSA) is 107 Å². The van der Waals surface area contributed by atoms with Crippen LogP contribution in [0.3, 0.4) is 0 Å². The first-order valence-corrected chi connectivity index (χ1v) is 12.7. The molecule has 0 spiro atoms. The summed E-state index contributed by atoms with van der Waals surface area (Å²) in [6.07, 6.45) is 3.25. The number of nitrogens with zero attached hydrogens (tertiary/aromatic N) is 5. The van der Waals surface area contributed by atoms with Gasteiger partial charge in [0.1, 0.15) is 35.5 Å². The fourth-order valence-corrected chi connectivity index (χ4v) is 4.26. The average Bonchev–Trinajstić information content (AvgIpc) is 3.32. The molecule has 0 saturated carbocycles. The molecular weight excluding hydrogens is 518 g/mol. The molecule has 2 aromatic carbocycles. The van der Waals surface area contributed by atoms with E-state index in [0.717, 1.165) is 23.2 Å². The summed E-state index contributed by atoms with van der Waals surface area (Å²) >= 11 is 0. The molecule has 0 atom stereocenters. The third-order valence-electron chi connectivity index (χ3n) is 6.26. The number of hydrogen-bond acceptors (Lipinski definition) is 8. The standard InChI is InChI=1S/C29H28F2N6O3/c1-17(2)24-14-27(33-23-8-9-32-15-26(23)39-3)35-29(34-24)28-19-6-4-5-7-25(19)37(36-28)16-20-21(30)12-18(13-22(20)31)40-11-10-38/h4-9,12-15,17,38H,10-11,16H2,1-3H3,(H,32,33,34,35). The molecular formula is C29H28F2N6O3. The van der Waals surface area contributed by atoms with Crippen LogP contribution in [0.4, 0.5) is 20.3 Å². The number of methoxy groups -OCH3 is 1. The number of anilines is 2. The minimum Gasteiger partial charge on any atom is -0.493 e. The molecule has 0 aliphatic heterocycles. The Kier molecular flexibility index (Phi) is 7.83. The lowest BCUT2D eigenvalue weighted by molar-refractivity contribution is 0.200. The van der Waals surface area contributed by atoms with E-state index in [9.17, 15) is 8.78 Å². The van der Waals surface area contributed by atoms with Crippen LogP contribution in [0.5, 0.6) is 11.5 Å². The van der Waals surface area contributed by atoms with E-state index in [1.165, 1.54) is 4.68 Å². The largest absolute Gasteiger partial charge is 0.493 e. The lowest BCUT2D eigenvalue weighted by Gasteiger charge is -2.13. The number of hydrogen-bond donors (Lipinski definition) is 2. The van der Waals surface area contributed by atoms with Gasteiger partial charge in [-0.15, -0.1) is 0 Å². The van der Waals surface area contributed by atoms with Crippen molar-refractivity contribution in [1.29, 1.82) is 0 Å². The van der Waals surface area contributed by atoms with Crippen molar-refractivity contribution in [2.24, 2.45) is 0 Å². The van der Waals surface area contributed by atoms with E-state index in [1.54, 1.807) is 25.6 Å². The van der Waals surface area contributed by atoms with Gasteiger partial charge in [0.15, 0.2) is 11.6 Å². The Bertz CT molecular complexity index is 1630. The Morgan fingerprint density at radius 1 is 1.05 bits per heavy atom. The molecule has 5 aromatic rings. The highest BCUT2D eigenvalue weighted by Crippen LogP contribution is 2.32. The van der Waals surface area contributed by atoms with Crippen LogP contribution in [0.25, 0.3) is 22.4 Å². The van der Waals surface area contributed by atoms with Gasteiger partial charge in [-0.25, -0.2) is 18.7 Å². The van der Waals surface area contributed by atoms with Crippen LogP contribution in [0, 0.1) is 11.6 Å². The molecule has 0 saturated heterocycles. The van der Waals surface area contributed by atoms with Crippen molar-refractivity contribution in [1.82, 2.24) is 24.7 Å². The number of pyridine rings is 1. The summed E-state index contributed by atoms with van der Waals surface area (Å²) < 4.78 is 42.0. The zero-order valence-corrected chi connectivity index (χ0v) is 22.2. The summed E-state index contributed by atoms with van der Waals surface area (Å²) in [5.74, 6) is 0.00112. The summed E-state index contributed by atoms with van der Waals surface area (Å²) in [5.41, 5.74) is 2.45. The highest BCUT2D eigenvalue weighted by atomic mass is 19.1. The number of aliphatic hydroxyl groups excluding tert-OH is 1. The van der Waals surface area contributed by atoms with Gasteiger partial charge >= 0.3 is 0 Å². The van der Waals surface area contributed by atoms with Crippen molar-refractivity contribution >= 4 is 22.4 Å². The Labute approximate surface area is 229 Å². The number of nitrogens with one attached hydrogen (secondary N) is 1. The molecule has 0 bridgehead atoms. The molecule has 40 heavy (non-hydrogen) atoms. The molecule has 0 amide bonds.